The molecular weight excluding hydrogens is 392 g/mol. The number of fused-ring (bicyclic) bond motifs is 1. The van der Waals surface area contributed by atoms with Gasteiger partial charge in [0.25, 0.3) is 0 Å². The van der Waals surface area contributed by atoms with Crippen molar-refractivity contribution in [2.24, 2.45) is 17.8 Å². The maximum absolute atomic E-state index is 13.2. The van der Waals surface area contributed by atoms with Crippen LogP contribution in [0, 0.1) is 17.8 Å². The molecular formula is C21H30N2O5S. The topological polar surface area (TPSA) is 87.2 Å². The molecule has 3 aliphatic rings. The number of aromatic carboxylic acids is 1. The molecule has 1 aromatic carbocycles. The van der Waals surface area contributed by atoms with E-state index in [-0.39, 0.29) is 22.5 Å². The van der Waals surface area contributed by atoms with Gasteiger partial charge in [-0.05, 0) is 75.7 Å². The Morgan fingerprint density at radius 3 is 2.52 bits per heavy atom. The lowest BCUT2D eigenvalue weighted by atomic mass is 9.77. The largest absolute Gasteiger partial charge is 0.478 e. The van der Waals surface area contributed by atoms with Crippen molar-refractivity contribution in [3.05, 3.63) is 29.8 Å². The summed E-state index contributed by atoms with van der Waals surface area (Å²) in [5, 5.41) is 9.19. The summed E-state index contributed by atoms with van der Waals surface area (Å²) in [4.78, 5) is 13.5. The van der Waals surface area contributed by atoms with Crippen LogP contribution >= 0.6 is 0 Å². The lowest BCUT2D eigenvalue weighted by Gasteiger charge is -2.41. The Hall–Kier alpha value is -1.48. The standard InChI is InChI=1S/C21H30N2O5S/c1-22(2)19-9-16-11-23(12-17(16)10-20(19)28-13-14-6-7-14)29(26,27)18-5-3-4-15(8-18)21(24)25/h3-5,8,14,16-17,19-20H,6-7,9-13H2,1-2H3,(H,24,25)/t16-,17+,19-,20-/m1/s1. The molecule has 3 fully saturated rings. The first kappa shape index (κ1) is 20.8. The van der Waals surface area contributed by atoms with Crippen LogP contribution in [0.1, 0.15) is 36.0 Å². The molecule has 1 aliphatic heterocycles. The highest BCUT2D eigenvalue weighted by Gasteiger charge is 2.46. The van der Waals surface area contributed by atoms with Gasteiger partial charge in [0.05, 0.1) is 16.6 Å². The number of benzene rings is 1. The van der Waals surface area contributed by atoms with Crippen LogP contribution in [0.15, 0.2) is 29.2 Å². The summed E-state index contributed by atoms with van der Waals surface area (Å²) in [7, 11) is 0.429. The van der Waals surface area contributed by atoms with Crippen molar-refractivity contribution in [3.63, 3.8) is 0 Å². The Morgan fingerprint density at radius 2 is 1.90 bits per heavy atom. The number of ether oxygens (including phenoxy) is 1. The van der Waals surface area contributed by atoms with Crippen molar-refractivity contribution in [1.82, 2.24) is 9.21 Å². The SMILES string of the molecule is CN(C)[C@@H]1C[C@@H]2CN(S(=O)(=O)c3cccc(C(=O)O)c3)C[C@@H]2C[C@H]1OCC1CC1. The number of hydrogen-bond acceptors (Lipinski definition) is 5. The zero-order chi connectivity index (χ0) is 20.8. The molecule has 1 aromatic rings. The lowest BCUT2D eigenvalue weighted by molar-refractivity contribution is -0.0493. The van der Waals surface area contributed by atoms with Gasteiger partial charge in [-0.1, -0.05) is 6.07 Å². The van der Waals surface area contributed by atoms with Gasteiger partial charge >= 0.3 is 5.97 Å². The Kier molecular flexibility index (Phi) is 5.72. The van der Waals surface area contributed by atoms with Gasteiger partial charge in [0.1, 0.15) is 0 Å². The second-order valence-corrected chi connectivity index (χ2v) is 10.9. The minimum absolute atomic E-state index is 0.0103. The summed E-state index contributed by atoms with van der Waals surface area (Å²) in [5.74, 6) is 0.174. The summed E-state index contributed by atoms with van der Waals surface area (Å²) >= 11 is 0. The fourth-order valence-corrected chi connectivity index (χ4v) is 6.35. The third-order valence-corrected chi connectivity index (χ3v) is 8.50. The first-order valence-corrected chi connectivity index (χ1v) is 11.8. The van der Waals surface area contributed by atoms with Gasteiger partial charge < -0.3 is 14.7 Å². The Labute approximate surface area is 172 Å². The number of carboxylic acids is 1. The van der Waals surface area contributed by atoms with Crippen LogP contribution in [-0.4, -0.2) is 74.6 Å². The zero-order valence-corrected chi connectivity index (χ0v) is 17.8. The first-order valence-electron chi connectivity index (χ1n) is 10.4. The minimum atomic E-state index is -3.71. The maximum Gasteiger partial charge on any atom is 0.335 e. The van der Waals surface area contributed by atoms with E-state index < -0.39 is 16.0 Å². The van der Waals surface area contributed by atoms with Crippen molar-refractivity contribution in [3.8, 4) is 0 Å². The molecule has 2 aliphatic carbocycles. The van der Waals surface area contributed by atoms with Gasteiger partial charge in [0.2, 0.25) is 10.0 Å². The van der Waals surface area contributed by atoms with Gasteiger partial charge in [-0.25, -0.2) is 13.2 Å². The fraction of sp³-hybridized carbons (Fsp3) is 0.667. The van der Waals surface area contributed by atoms with Crippen LogP contribution in [-0.2, 0) is 14.8 Å². The van der Waals surface area contributed by atoms with E-state index in [0.717, 1.165) is 19.4 Å². The molecule has 2 saturated carbocycles. The number of rotatable bonds is 7. The minimum Gasteiger partial charge on any atom is -0.478 e. The van der Waals surface area contributed by atoms with E-state index in [0.29, 0.717) is 31.0 Å². The van der Waals surface area contributed by atoms with E-state index in [1.807, 2.05) is 0 Å². The van der Waals surface area contributed by atoms with Crippen LogP contribution in [0.4, 0.5) is 0 Å². The molecule has 0 spiro atoms. The third-order valence-electron chi connectivity index (χ3n) is 6.68. The van der Waals surface area contributed by atoms with E-state index in [4.69, 9.17) is 4.74 Å². The number of carboxylic acid groups (broad SMARTS) is 1. The summed E-state index contributed by atoms with van der Waals surface area (Å²) in [5.41, 5.74) is -0.0103. The smallest absolute Gasteiger partial charge is 0.335 e. The Bertz CT molecular complexity index is 868. The predicted octanol–water partition coefficient (Wildman–Crippen LogP) is 2.14. The van der Waals surface area contributed by atoms with Gasteiger partial charge in [-0.2, -0.15) is 4.31 Å². The average Bonchev–Trinajstić information content (AvgIpc) is 3.42. The molecule has 4 atom stereocenters. The summed E-state index contributed by atoms with van der Waals surface area (Å²) < 4.78 is 34.1. The van der Waals surface area contributed by atoms with E-state index in [2.05, 4.69) is 19.0 Å². The molecule has 4 rings (SSSR count). The highest BCUT2D eigenvalue weighted by atomic mass is 32.2. The number of carbonyl (C=O) groups is 1. The normalized spacial score (nSPS) is 30.4. The van der Waals surface area contributed by atoms with Crippen LogP contribution < -0.4 is 0 Å². The molecule has 1 heterocycles. The van der Waals surface area contributed by atoms with Gasteiger partial charge in [0.15, 0.2) is 0 Å². The summed E-state index contributed by atoms with van der Waals surface area (Å²) in [6.45, 7) is 1.79. The lowest BCUT2D eigenvalue weighted by Crippen LogP contribution is -2.48. The zero-order valence-electron chi connectivity index (χ0n) is 17.0. The highest BCUT2D eigenvalue weighted by molar-refractivity contribution is 7.89. The van der Waals surface area contributed by atoms with Crippen molar-refractivity contribution < 1.29 is 23.1 Å². The van der Waals surface area contributed by atoms with Gasteiger partial charge in [0, 0.05) is 25.7 Å². The summed E-state index contributed by atoms with van der Waals surface area (Å²) in [6, 6.07) is 5.93. The van der Waals surface area contributed by atoms with Gasteiger partial charge in [-0.3, -0.25) is 0 Å². The quantitative estimate of drug-likeness (QED) is 0.724. The molecule has 0 radical (unpaired) electrons. The number of nitrogens with zero attached hydrogens (tertiary/aromatic N) is 2. The first-order chi connectivity index (χ1) is 13.8. The van der Waals surface area contributed by atoms with Crippen LogP contribution in [0.3, 0.4) is 0 Å². The molecule has 1 saturated heterocycles. The van der Waals surface area contributed by atoms with Crippen molar-refractivity contribution in [2.45, 2.75) is 42.7 Å². The second-order valence-electron chi connectivity index (χ2n) is 8.99. The Morgan fingerprint density at radius 1 is 1.21 bits per heavy atom. The van der Waals surface area contributed by atoms with Crippen molar-refractivity contribution in [1.29, 1.82) is 0 Å². The molecule has 29 heavy (non-hydrogen) atoms. The van der Waals surface area contributed by atoms with E-state index in [1.165, 1.54) is 37.1 Å². The molecule has 7 nitrogen and oxygen atoms in total. The monoisotopic (exact) mass is 422 g/mol. The molecule has 0 unspecified atom stereocenters. The van der Waals surface area contributed by atoms with Crippen LogP contribution in [0.5, 0.6) is 0 Å². The maximum atomic E-state index is 13.2. The van der Waals surface area contributed by atoms with Crippen LogP contribution in [0.2, 0.25) is 0 Å². The van der Waals surface area contributed by atoms with E-state index >= 15 is 0 Å². The number of hydrogen-bond donors (Lipinski definition) is 1. The molecule has 0 aromatic heterocycles. The number of sulfonamides is 1. The average molecular weight is 423 g/mol. The molecule has 1 N–H and O–H groups in total. The predicted molar refractivity (Wildman–Crippen MR) is 108 cm³/mol. The number of likely N-dealkylation sites (N-methyl/N-ethyl adjacent to an activating group) is 1. The molecule has 0 amide bonds. The highest BCUT2D eigenvalue weighted by Crippen LogP contribution is 2.41. The van der Waals surface area contributed by atoms with E-state index in [9.17, 15) is 18.3 Å². The Balaban J connectivity index is 1.49. The van der Waals surface area contributed by atoms with E-state index in [1.54, 1.807) is 4.31 Å². The second kappa shape index (κ2) is 7.98. The third kappa shape index (κ3) is 4.35. The molecule has 160 valence electrons. The summed E-state index contributed by atoms with van der Waals surface area (Å²) in [6.07, 6.45) is 4.46. The van der Waals surface area contributed by atoms with Crippen molar-refractivity contribution in [2.75, 3.05) is 33.8 Å². The van der Waals surface area contributed by atoms with Crippen molar-refractivity contribution >= 4 is 16.0 Å². The molecule has 0 bridgehead atoms. The van der Waals surface area contributed by atoms with Gasteiger partial charge in [-0.15, -0.1) is 0 Å². The molecule has 8 heteroatoms. The van der Waals surface area contributed by atoms with Crippen LogP contribution in [0.25, 0.3) is 0 Å². The fourth-order valence-electron chi connectivity index (χ4n) is 4.75.